The summed E-state index contributed by atoms with van der Waals surface area (Å²) in [5.41, 5.74) is 0.855. The van der Waals surface area contributed by atoms with E-state index >= 15 is 0 Å². The number of amides is 1. The van der Waals surface area contributed by atoms with Gasteiger partial charge in [0.25, 0.3) is 0 Å². The molecule has 0 unspecified atom stereocenters. The molecule has 1 aromatic heterocycles. The first-order valence-electron chi connectivity index (χ1n) is 6.21. The highest BCUT2D eigenvalue weighted by Gasteiger charge is 2.06. The number of aromatic nitrogens is 1. The summed E-state index contributed by atoms with van der Waals surface area (Å²) in [5.74, 6) is -0.327. The predicted molar refractivity (Wildman–Crippen MR) is 71.4 cm³/mol. The fourth-order valence-corrected chi connectivity index (χ4v) is 1.96. The van der Waals surface area contributed by atoms with Crippen molar-refractivity contribution in [1.82, 2.24) is 9.88 Å². The molecule has 5 heteroatoms. The summed E-state index contributed by atoms with van der Waals surface area (Å²) < 4.78 is 19.8. The molecule has 1 N–H and O–H groups in total. The third-order valence-electron chi connectivity index (χ3n) is 2.89. The quantitative estimate of drug-likeness (QED) is 0.810. The second-order valence-electron chi connectivity index (χ2n) is 4.34. The first kappa shape index (κ1) is 13.5. The smallest absolute Gasteiger partial charge is 0.239 e. The van der Waals surface area contributed by atoms with Crippen molar-refractivity contribution in [3.63, 3.8) is 0 Å². The number of ether oxygens (including phenoxy) is 1. The molecule has 1 aromatic carbocycles. The zero-order valence-electron chi connectivity index (χ0n) is 10.9. The summed E-state index contributed by atoms with van der Waals surface area (Å²) >= 11 is 0. The summed E-state index contributed by atoms with van der Waals surface area (Å²) in [6.07, 6.45) is 2.58. The molecule has 19 heavy (non-hydrogen) atoms. The van der Waals surface area contributed by atoms with Crippen LogP contribution >= 0.6 is 0 Å². The normalized spacial score (nSPS) is 10.8. The van der Waals surface area contributed by atoms with Crippen LogP contribution < -0.4 is 5.32 Å². The molecule has 0 atom stereocenters. The van der Waals surface area contributed by atoms with Gasteiger partial charge in [-0.05, 0) is 30.7 Å². The molecular formula is C14H17FN2O2. The molecule has 1 amide bonds. The Balaban J connectivity index is 1.95. The number of nitrogens with zero attached hydrogens (tertiary/aromatic N) is 1. The topological polar surface area (TPSA) is 43.3 Å². The Kier molecular flexibility index (Phi) is 4.52. The lowest BCUT2D eigenvalue weighted by Gasteiger charge is -2.07. The largest absolute Gasteiger partial charge is 0.385 e. The maximum absolute atomic E-state index is 13.0. The molecule has 0 bridgehead atoms. The first-order chi connectivity index (χ1) is 9.20. The summed E-state index contributed by atoms with van der Waals surface area (Å²) in [6.45, 7) is 1.47. The van der Waals surface area contributed by atoms with Gasteiger partial charge in [-0.25, -0.2) is 4.39 Å². The Bertz CT molecular complexity index is 566. The van der Waals surface area contributed by atoms with E-state index in [2.05, 4.69) is 5.32 Å². The Labute approximate surface area is 111 Å². The van der Waals surface area contributed by atoms with Crippen LogP contribution in [0.25, 0.3) is 10.9 Å². The van der Waals surface area contributed by atoms with Gasteiger partial charge >= 0.3 is 0 Å². The number of hydrogen-bond acceptors (Lipinski definition) is 2. The summed E-state index contributed by atoms with van der Waals surface area (Å²) in [5, 5.41) is 3.62. The second-order valence-corrected chi connectivity index (χ2v) is 4.34. The van der Waals surface area contributed by atoms with E-state index in [-0.39, 0.29) is 18.3 Å². The lowest BCUT2D eigenvalue weighted by Crippen LogP contribution is -2.28. The van der Waals surface area contributed by atoms with Crippen molar-refractivity contribution in [2.45, 2.75) is 13.0 Å². The van der Waals surface area contributed by atoms with Crippen molar-refractivity contribution < 1.29 is 13.9 Å². The Morgan fingerprint density at radius 1 is 1.42 bits per heavy atom. The SMILES string of the molecule is COCCCNC(=O)Cn1ccc2cc(F)ccc21. The molecule has 0 aliphatic rings. The fraction of sp³-hybridized carbons (Fsp3) is 0.357. The standard InChI is InChI=1S/C14H17FN2O2/c1-19-8-2-6-16-14(18)10-17-7-5-11-9-12(15)3-4-13(11)17/h3-5,7,9H,2,6,8,10H2,1H3,(H,16,18). The van der Waals surface area contributed by atoms with Crippen molar-refractivity contribution in [3.05, 3.63) is 36.3 Å². The third kappa shape index (κ3) is 3.54. The number of methoxy groups -OCH3 is 1. The number of rotatable bonds is 6. The molecular weight excluding hydrogens is 247 g/mol. The molecule has 0 saturated carbocycles. The van der Waals surface area contributed by atoms with Crippen LogP contribution in [-0.2, 0) is 16.1 Å². The van der Waals surface area contributed by atoms with Crippen LogP contribution in [-0.4, -0.2) is 30.7 Å². The van der Waals surface area contributed by atoms with Gasteiger partial charge in [0.05, 0.1) is 0 Å². The average Bonchev–Trinajstić information content (AvgIpc) is 2.77. The minimum atomic E-state index is -0.269. The summed E-state index contributed by atoms with van der Waals surface area (Å²) in [7, 11) is 1.63. The van der Waals surface area contributed by atoms with Crippen LogP contribution in [0.1, 0.15) is 6.42 Å². The highest BCUT2D eigenvalue weighted by molar-refractivity contribution is 5.83. The zero-order valence-corrected chi connectivity index (χ0v) is 10.9. The van der Waals surface area contributed by atoms with Gasteiger partial charge in [0.15, 0.2) is 0 Å². The van der Waals surface area contributed by atoms with Gasteiger partial charge in [-0.3, -0.25) is 4.79 Å². The molecule has 0 radical (unpaired) electrons. The zero-order chi connectivity index (χ0) is 13.7. The molecule has 0 saturated heterocycles. The number of carbonyl (C=O) groups is 1. The van der Waals surface area contributed by atoms with Gasteiger partial charge in [-0.1, -0.05) is 0 Å². The van der Waals surface area contributed by atoms with E-state index in [1.54, 1.807) is 30.0 Å². The minimum absolute atomic E-state index is 0.0575. The monoisotopic (exact) mass is 264 g/mol. The number of hydrogen-bond donors (Lipinski definition) is 1. The van der Waals surface area contributed by atoms with E-state index in [9.17, 15) is 9.18 Å². The summed E-state index contributed by atoms with van der Waals surface area (Å²) in [6, 6.07) is 6.34. The lowest BCUT2D eigenvalue weighted by molar-refractivity contribution is -0.121. The molecule has 0 aliphatic carbocycles. The van der Waals surface area contributed by atoms with E-state index in [0.717, 1.165) is 17.3 Å². The van der Waals surface area contributed by atoms with E-state index < -0.39 is 0 Å². The van der Waals surface area contributed by atoms with Crippen molar-refractivity contribution in [2.24, 2.45) is 0 Å². The van der Waals surface area contributed by atoms with Crippen LogP contribution in [0.15, 0.2) is 30.5 Å². The molecule has 4 nitrogen and oxygen atoms in total. The molecule has 2 rings (SSSR count). The maximum Gasteiger partial charge on any atom is 0.239 e. The van der Waals surface area contributed by atoms with Crippen molar-refractivity contribution in [2.75, 3.05) is 20.3 Å². The lowest BCUT2D eigenvalue weighted by atomic mass is 10.2. The number of fused-ring (bicyclic) bond motifs is 1. The molecule has 0 aliphatic heterocycles. The van der Waals surface area contributed by atoms with Gasteiger partial charge in [0.2, 0.25) is 5.91 Å². The highest BCUT2D eigenvalue weighted by atomic mass is 19.1. The highest BCUT2D eigenvalue weighted by Crippen LogP contribution is 2.16. The molecule has 102 valence electrons. The van der Waals surface area contributed by atoms with Gasteiger partial charge < -0.3 is 14.6 Å². The van der Waals surface area contributed by atoms with Gasteiger partial charge in [-0.2, -0.15) is 0 Å². The average molecular weight is 264 g/mol. The number of benzene rings is 1. The van der Waals surface area contributed by atoms with Crippen LogP contribution in [0.2, 0.25) is 0 Å². The molecule has 2 aromatic rings. The van der Waals surface area contributed by atoms with Crippen LogP contribution in [0.4, 0.5) is 4.39 Å². The Morgan fingerprint density at radius 2 is 2.26 bits per heavy atom. The van der Waals surface area contributed by atoms with Crippen LogP contribution in [0.5, 0.6) is 0 Å². The third-order valence-corrected chi connectivity index (χ3v) is 2.89. The fourth-order valence-electron chi connectivity index (χ4n) is 1.96. The molecule has 0 spiro atoms. The first-order valence-corrected chi connectivity index (χ1v) is 6.21. The number of carbonyl (C=O) groups excluding carboxylic acids is 1. The second kappa shape index (κ2) is 6.33. The number of halogens is 1. The Hall–Kier alpha value is -1.88. The minimum Gasteiger partial charge on any atom is -0.385 e. The van der Waals surface area contributed by atoms with Crippen LogP contribution in [0, 0.1) is 5.82 Å². The Morgan fingerprint density at radius 3 is 3.05 bits per heavy atom. The van der Waals surface area contributed by atoms with E-state index in [0.29, 0.717) is 13.2 Å². The van der Waals surface area contributed by atoms with Gasteiger partial charge in [0, 0.05) is 37.4 Å². The summed E-state index contributed by atoms with van der Waals surface area (Å²) in [4.78, 5) is 11.7. The van der Waals surface area contributed by atoms with Gasteiger partial charge in [-0.15, -0.1) is 0 Å². The predicted octanol–water partition coefficient (Wildman–Crippen LogP) is 1.93. The van der Waals surface area contributed by atoms with Crippen molar-refractivity contribution >= 4 is 16.8 Å². The van der Waals surface area contributed by atoms with Gasteiger partial charge in [0.1, 0.15) is 12.4 Å². The van der Waals surface area contributed by atoms with Crippen LogP contribution in [0.3, 0.4) is 0 Å². The number of nitrogens with one attached hydrogen (secondary N) is 1. The van der Waals surface area contributed by atoms with E-state index in [4.69, 9.17) is 4.74 Å². The van der Waals surface area contributed by atoms with Crippen molar-refractivity contribution in [3.8, 4) is 0 Å². The molecule has 1 heterocycles. The van der Waals surface area contributed by atoms with Crippen molar-refractivity contribution in [1.29, 1.82) is 0 Å². The molecule has 0 fully saturated rings. The van der Waals surface area contributed by atoms with E-state index in [1.165, 1.54) is 12.1 Å². The van der Waals surface area contributed by atoms with E-state index in [1.807, 2.05) is 0 Å². The maximum atomic E-state index is 13.0.